The van der Waals surface area contributed by atoms with E-state index in [1.165, 1.54) is 0 Å². The largest absolute Gasteiger partial charge is 0.337 e. The first kappa shape index (κ1) is 14.5. The number of carbonyl (C=O) groups excluding carboxylic acids is 2. The summed E-state index contributed by atoms with van der Waals surface area (Å²) in [4.78, 5) is 29.8. The second kappa shape index (κ2) is 5.10. The highest BCUT2D eigenvalue weighted by Gasteiger charge is 2.49. The third-order valence-electron chi connectivity index (χ3n) is 3.56. The van der Waals surface area contributed by atoms with Gasteiger partial charge in [-0.1, -0.05) is 28.9 Å². The van der Waals surface area contributed by atoms with Crippen molar-refractivity contribution in [3.8, 4) is 0 Å². The van der Waals surface area contributed by atoms with Crippen molar-refractivity contribution >= 4 is 23.5 Å². The SMILES string of the molecule is Cc1noc(CN2C(=O)N[C@@](C)(c3ccc(Cl)cc3)C2=O)n1. The Kier molecular flexibility index (Phi) is 3.37. The van der Waals surface area contributed by atoms with Gasteiger partial charge in [-0.2, -0.15) is 4.98 Å². The number of urea groups is 1. The minimum absolute atomic E-state index is 0.0608. The van der Waals surface area contributed by atoms with Crippen molar-refractivity contribution in [3.63, 3.8) is 0 Å². The Morgan fingerprint density at radius 2 is 2.00 bits per heavy atom. The van der Waals surface area contributed by atoms with Gasteiger partial charge in [-0.05, 0) is 31.5 Å². The van der Waals surface area contributed by atoms with E-state index >= 15 is 0 Å². The molecule has 2 aromatic rings. The molecule has 0 unspecified atom stereocenters. The van der Waals surface area contributed by atoms with Crippen molar-refractivity contribution in [1.29, 1.82) is 0 Å². The van der Waals surface area contributed by atoms with Crippen molar-refractivity contribution in [2.45, 2.75) is 25.9 Å². The van der Waals surface area contributed by atoms with Gasteiger partial charge in [-0.15, -0.1) is 0 Å². The number of nitrogens with one attached hydrogen (secondary N) is 1. The Bertz CT molecular complexity index is 743. The normalized spacial score (nSPS) is 21.3. The molecule has 7 nitrogen and oxygen atoms in total. The van der Waals surface area contributed by atoms with Crippen molar-refractivity contribution in [3.05, 3.63) is 46.6 Å². The molecule has 1 N–H and O–H groups in total. The maximum atomic E-state index is 12.7. The molecule has 1 aromatic carbocycles. The highest BCUT2D eigenvalue weighted by molar-refractivity contribution is 6.30. The molecule has 22 heavy (non-hydrogen) atoms. The van der Waals surface area contributed by atoms with Crippen LogP contribution in [0.5, 0.6) is 0 Å². The van der Waals surface area contributed by atoms with Crippen LogP contribution in [0.4, 0.5) is 4.79 Å². The summed E-state index contributed by atoms with van der Waals surface area (Å²) in [7, 11) is 0. The number of amides is 3. The highest BCUT2D eigenvalue weighted by Crippen LogP contribution is 2.30. The molecule has 0 bridgehead atoms. The molecule has 8 heteroatoms. The molecule has 0 aliphatic carbocycles. The fourth-order valence-electron chi connectivity index (χ4n) is 2.36. The van der Waals surface area contributed by atoms with Crippen molar-refractivity contribution < 1.29 is 14.1 Å². The number of imide groups is 1. The average molecular weight is 321 g/mol. The van der Waals surface area contributed by atoms with Crippen molar-refractivity contribution in [1.82, 2.24) is 20.4 Å². The third kappa shape index (κ3) is 2.33. The number of rotatable bonds is 3. The predicted octanol–water partition coefficient (Wildman–Crippen LogP) is 2.00. The van der Waals surface area contributed by atoms with Crippen molar-refractivity contribution in [2.75, 3.05) is 0 Å². The summed E-state index contributed by atoms with van der Waals surface area (Å²) in [6, 6.07) is 6.26. The van der Waals surface area contributed by atoms with Gasteiger partial charge in [0.15, 0.2) is 5.82 Å². The summed E-state index contributed by atoms with van der Waals surface area (Å²) in [6.45, 7) is 3.25. The highest BCUT2D eigenvalue weighted by atomic mass is 35.5. The second-order valence-corrected chi connectivity index (χ2v) is 5.63. The molecule has 1 fully saturated rings. The number of aromatic nitrogens is 2. The molecule has 1 aliphatic heterocycles. The Hall–Kier alpha value is -2.41. The number of halogens is 1. The Morgan fingerprint density at radius 1 is 1.32 bits per heavy atom. The van der Waals surface area contributed by atoms with Crippen LogP contribution in [0.2, 0.25) is 5.02 Å². The zero-order valence-corrected chi connectivity index (χ0v) is 12.7. The van der Waals surface area contributed by atoms with E-state index in [1.807, 2.05) is 0 Å². The first-order valence-corrected chi connectivity index (χ1v) is 6.97. The molecule has 1 aliphatic rings. The number of benzene rings is 1. The van der Waals surface area contributed by atoms with Gasteiger partial charge in [-0.25, -0.2) is 4.79 Å². The standard InChI is InChI=1S/C14H13ClN4O3/c1-8-16-11(22-18-8)7-19-12(20)14(2,17-13(19)21)9-3-5-10(15)6-4-9/h3-6H,7H2,1-2H3,(H,17,21)/t14-/m0/s1. The first-order valence-electron chi connectivity index (χ1n) is 6.59. The number of hydrogen-bond donors (Lipinski definition) is 1. The molecule has 0 spiro atoms. The predicted molar refractivity (Wildman–Crippen MR) is 76.9 cm³/mol. The zero-order chi connectivity index (χ0) is 15.9. The Morgan fingerprint density at radius 3 is 2.59 bits per heavy atom. The van der Waals surface area contributed by atoms with Crippen LogP contribution in [0.25, 0.3) is 0 Å². The van der Waals surface area contributed by atoms with E-state index in [0.29, 0.717) is 16.4 Å². The lowest BCUT2D eigenvalue weighted by molar-refractivity contribution is -0.131. The number of hydrogen-bond acceptors (Lipinski definition) is 5. The molecule has 3 rings (SSSR count). The molecule has 3 amide bonds. The summed E-state index contributed by atoms with van der Waals surface area (Å²) in [6.07, 6.45) is 0. The van der Waals surface area contributed by atoms with Gasteiger partial charge >= 0.3 is 6.03 Å². The second-order valence-electron chi connectivity index (χ2n) is 5.19. The van der Waals surface area contributed by atoms with Gasteiger partial charge in [0.25, 0.3) is 5.91 Å². The topological polar surface area (TPSA) is 88.3 Å². The van der Waals surface area contributed by atoms with E-state index in [4.69, 9.17) is 16.1 Å². The van der Waals surface area contributed by atoms with Crippen LogP contribution in [-0.2, 0) is 16.9 Å². The van der Waals surface area contributed by atoms with Crippen molar-refractivity contribution in [2.24, 2.45) is 0 Å². The van der Waals surface area contributed by atoms with Crippen LogP contribution in [0.15, 0.2) is 28.8 Å². The van der Waals surface area contributed by atoms with Gasteiger partial charge in [0, 0.05) is 5.02 Å². The van der Waals surface area contributed by atoms with E-state index < -0.39 is 11.6 Å². The van der Waals surface area contributed by atoms with E-state index in [2.05, 4.69) is 15.5 Å². The molecular formula is C14H13ClN4O3. The van der Waals surface area contributed by atoms with E-state index in [0.717, 1.165) is 4.90 Å². The van der Waals surface area contributed by atoms with E-state index in [9.17, 15) is 9.59 Å². The average Bonchev–Trinajstić information content (AvgIpc) is 2.97. The number of nitrogens with zero attached hydrogens (tertiary/aromatic N) is 3. The number of aryl methyl sites for hydroxylation is 1. The Balaban J connectivity index is 1.88. The van der Waals surface area contributed by atoms with Crippen LogP contribution in [0, 0.1) is 6.92 Å². The van der Waals surface area contributed by atoms with Crippen LogP contribution in [0.3, 0.4) is 0 Å². The van der Waals surface area contributed by atoms with Crippen LogP contribution >= 0.6 is 11.6 Å². The molecule has 0 radical (unpaired) electrons. The van der Waals surface area contributed by atoms with Gasteiger partial charge < -0.3 is 9.84 Å². The summed E-state index contributed by atoms with van der Waals surface area (Å²) < 4.78 is 4.96. The molecule has 1 atom stereocenters. The van der Waals surface area contributed by atoms with E-state index in [-0.39, 0.29) is 18.3 Å². The van der Waals surface area contributed by atoms with Gasteiger partial charge in [-0.3, -0.25) is 9.69 Å². The smallest absolute Gasteiger partial charge is 0.325 e. The molecular weight excluding hydrogens is 308 g/mol. The Labute approximate surface area is 131 Å². The molecule has 1 aromatic heterocycles. The summed E-state index contributed by atoms with van der Waals surface area (Å²) in [5.74, 6) is 0.277. The summed E-state index contributed by atoms with van der Waals surface area (Å²) in [5.41, 5.74) is -0.490. The minimum atomic E-state index is -1.14. The monoisotopic (exact) mass is 320 g/mol. The lowest BCUT2D eigenvalue weighted by Gasteiger charge is -2.22. The van der Waals surface area contributed by atoms with Gasteiger partial charge in [0.1, 0.15) is 12.1 Å². The fraction of sp³-hybridized carbons (Fsp3) is 0.286. The van der Waals surface area contributed by atoms with Crippen LogP contribution in [-0.4, -0.2) is 27.0 Å². The van der Waals surface area contributed by atoms with Gasteiger partial charge in [0.2, 0.25) is 5.89 Å². The lowest BCUT2D eigenvalue weighted by Crippen LogP contribution is -2.40. The van der Waals surface area contributed by atoms with E-state index in [1.54, 1.807) is 38.1 Å². The van der Waals surface area contributed by atoms with Crippen LogP contribution in [0.1, 0.15) is 24.2 Å². The summed E-state index contributed by atoms with van der Waals surface area (Å²) in [5, 5.41) is 6.90. The first-order chi connectivity index (χ1) is 10.4. The maximum Gasteiger partial charge on any atom is 0.325 e. The third-order valence-corrected chi connectivity index (χ3v) is 3.81. The quantitative estimate of drug-likeness (QED) is 0.874. The molecule has 2 heterocycles. The summed E-state index contributed by atoms with van der Waals surface area (Å²) >= 11 is 5.86. The lowest BCUT2D eigenvalue weighted by atomic mass is 9.92. The number of carbonyl (C=O) groups is 2. The van der Waals surface area contributed by atoms with Gasteiger partial charge in [0.05, 0.1) is 0 Å². The van der Waals surface area contributed by atoms with Crippen LogP contribution < -0.4 is 5.32 Å². The maximum absolute atomic E-state index is 12.7. The molecule has 114 valence electrons. The molecule has 0 saturated carbocycles. The minimum Gasteiger partial charge on any atom is -0.337 e. The molecule has 1 saturated heterocycles. The fourth-order valence-corrected chi connectivity index (χ4v) is 2.48. The zero-order valence-electron chi connectivity index (χ0n) is 12.0.